The fourth-order valence-electron chi connectivity index (χ4n) is 3.61. The van der Waals surface area contributed by atoms with Gasteiger partial charge in [0, 0.05) is 13.7 Å². The van der Waals surface area contributed by atoms with E-state index in [0.29, 0.717) is 35.1 Å². The summed E-state index contributed by atoms with van der Waals surface area (Å²) >= 11 is 1.33. The van der Waals surface area contributed by atoms with Gasteiger partial charge in [-0.25, -0.2) is 4.98 Å². The van der Waals surface area contributed by atoms with Gasteiger partial charge in [-0.15, -0.1) is 0 Å². The molecule has 1 aromatic heterocycles. The second-order valence-corrected chi connectivity index (χ2v) is 8.68. The van der Waals surface area contributed by atoms with Gasteiger partial charge in [-0.1, -0.05) is 43.2 Å². The first-order chi connectivity index (χ1) is 13.6. The van der Waals surface area contributed by atoms with Crippen LogP contribution in [0, 0.1) is 5.92 Å². The molecule has 1 saturated carbocycles. The van der Waals surface area contributed by atoms with Crippen molar-refractivity contribution in [2.24, 2.45) is 5.92 Å². The average Bonchev–Trinajstić information content (AvgIpc) is 2.72. The quantitative estimate of drug-likeness (QED) is 0.541. The van der Waals surface area contributed by atoms with Crippen molar-refractivity contribution in [1.82, 2.24) is 14.9 Å². The standard InChI is InChI=1S/C21H29N3O3S/c1-15(19(25)22-14-16-8-4-3-5-9-16)28-21-23-18-11-7-6-10-17(18)20(26)24(21)12-13-27-2/h6-7,10-11,15-16H,3-5,8-9,12-14H2,1-2H3,(H,22,25)/t15-/m0/s1. The zero-order valence-electron chi connectivity index (χ0n) is 16.6. The molecule has 1 N–H and O–H groups in total. The molecule has 0 aliphatic heterocycles. The summed E-state index contributed by atoms with van der Waals surface area (Å²) in [5, 5.41) is 3.90. The normalized spacial score (nSPS) is 16.2. The number of methoxy groups -OCH3 is 1. The maximum absolute atomic E-state index is 12.9. The summed E-state index contributed by atoms with van der Waals surface area (Å²) in [5.74, 6) is 0.588. The predicted molar refractivity (Wildman–Crippen MR) is 113 cm³/mol. The highest BCUT2D eigenvalue weighted by Crippen LogP contribution is 2.24. The van der Waals surface area contributed by atoms with Crippen molar-refractivity contribution < 1.29 is 9.53 Å². The molecule has 0 bridgehead atoms. The number of hydrogen-bond acceptors (Lipinski definition) is 5. The lowest BCUT2D eigenvalue weighted by molar-refractivity contribution is -0.120. The van der Waals surface area contributed by atoms with Crippen LogP contribution in [0.4, 0.5) is 0 Å². The summed E-state index contributed by atoms with van der Waals surface area (Å²) in [6.07, 6.45) is 6.23. The monoisotopic (exact) mass is 403 g/mol. The Bertz CT molecular complexity index is 862. The number of fused-ring (bicyclic) bond motifs is 1. The van der Waals surface area contributed by atoms with Crippen LogP contribution in [-0.4, -0.2) is 41.0 Å². The number of carbonyl (C=O) groups is 1. The van der Waals surface area contributed by atoms with Gasteiger partial charge in [-0.05, 0) is 37.8 Å². The lowest BCUT2D eigenvalue weighted by Gasteiger charge is -2.22. The van der Waals surface area contributed by atoms with E-state index < -0.39 is 0 Å². The van der Waals surface area contributed by atoms with Crippen LogP contribution in [0.5, 0.6) is 0 Å². The zero-order valence-corrected chi connectivity index (χ0v) is 17.5. The maximum Gasteiger partial charge on any atom is 0.262 e. The van der Waals surface area contributed by atoms with Crippen LogP contribution < -0.4 is 10.9 Å². The third-order valence-corrected chi connectivity index (χ3v) is 6.38. The van der Waals surface area contributed by atoms with Gasteiger partial charge < -0.3 is 10.1 Å². The molecule has 28 heavy (non-hydrogen) atoms. The van der Waals surface area contributed by atoms with Crippen molar-refractivity contribution in [2.45, 2.75) is 56.0 Å². The van der Waals surface area contributed by atoms with Crippen molar-refractivity contribution in [3.63, 3.8) is 0 Å². The Morgan fingerprint density at radius 1 is 1.32 bits per heavy atom. The Morgan fingerprint density at radius 3 is 2.82 bits per heavy atom. The second kappa shape index (κ2) is 10.1. The maximum atomic E-state index is 12.9. The number of nitrogens with zero attached hydrogens (tertiary/aromatic N) is 2. The molecule has 1 amide bonds. The van der Waals surface area contributed by atoms with Crippen LogP contribution in [0.15, 0.2) is 34.2 Å². The number of para-hydroxylation sites is 1. The molecule has 1 aromatic carbocycles. The van der Waals surface area contributed by atoms with E-state index in [1.54, 1.807) is 17.7 Å². The minimum atomic E-state index is -0.328. The number of nitrogens with one attached hydrogen (secondary N) is 1. The molecule has 1 atom stereocenters. The molecule has 0 radical (unpaired) electrons. The predicted octanol–water partition coefficient (Wildman–Crippen LogP) is 3.22. The van der Waals surface area contributed by atoms with Crippen LogP contribution in [0.2, 0.25) is 0 Å². The third kappa shape index (κ3) is 5.14. The van der Waals surface area contributed by atoms with Crippen LogP contribution in [0.25, 0.3) is 10.9 Å². The van der Waals surface area contributed by atoms with Crippen LogP contribution in [0.1, 0.15) is 39.0 Å². The smallest absolute Gasteiger partial charge is 0.262 e. The number of rotatable bonds is 8. The molecule has 152 valence electrons. The Kier molecular flexibility index (Phi) is 7.50. The van der Waals surface area contributed by atoms with E-state index in [9.17, 15) is 9.59 Å². The van der Waals surface area contributed by atoms with Gasteiger partial charge in [0.2, 0.25) is 5.91 Å². The molecule has 7 heteroatoms. The van der Waals surface area contributed by atoms with Crippen molar-refractivity contribution >= 4 is 28.6 Å². The molecule has 1 heterocycles. The summed E-state index contributed by atoms with van der Waals surface area (Å²) in [5.41, 5.74) is 0.554. The Balaban J connectivity index is 1.73. The molecule has 1 aliphatic carbocycles. The summed E-state index contributed by atoms with van der Waals surface area (Å²) in [6, 6.07) is 7.31. The van der Waals surface area contributed by atoms with E-state index in [2.05, 4.69) is 10.3 Å². The number of aromatic nitrogens is 2. The third-order valence-electron chi connectivity index (χ3n) is 5.29. The average molecular weight is 404 g/mol. The minimum Gasteiger partial charge on any atom is -0.383 e. The number of carbonyl (C=O) groups excluding carboxylic acids is 1. The van der Waals surface area contributed by atoms with E-state index in [1.807, 2.05) is 25.1 Å². The van der Waals surface area contributed by atoms with Gasteiger partial charge in [0.1, 0.15) is 0 Å². The Labute approximate surface area is 170 Å². The highest BCUT2D eigenvalue weighted by Gasteiger charge is 2.21. The fourth-order valence-corrected chi connectivity index (χ4v) is 4.57. The van der Waals surface area contributed by atoms with Crippen LogP contribution in [0.3, 0.4) is 0 Å². The minimum absolute atomic E-state index is 0.00345. The zero-order chi connectivity index (χ0) is 19.9. The van der Waals surface area contributed by atoms with E-state index >= 15 is 0 Å². The van der Waals surface area contributed by atoms with Gasteiger partial charge in [-0.2, -0.15) is 0 Å². The van der Waals surface area contributed by atoms with Crippen molar-refractivity contribution in [1.29, 1.82) is 0 Å². The van der Waals surface area contributed by atoms with Gasteiger partial charge in [-0.3, -0.25) is 14.2 Å². The van der Waals surface area contributed by atoms with Gasteiger partial charge in [0.25, 0.3) is 5.56 Å². The Hall–Kier alpha value is -1.86. The number of ether oxygens (including phenoxy) is 1. The number of amides is 1. The molecule has 6 nitrogen and oxygen atoms in total. The van der Waals surface area contributed by atoms with E-state index in [0.717, 1.165) is 6.54 Å². The number of benzene rings is 1. The molecule has 1 fully saturated rings. The molecule has 2 aromatic rings. The molecule has 0 saturated heterocycles. The van der Waals surface area contributed by atoms with E-state index in [1.165, 1.54) is 43.9 Å². The summed E-state index contributed by atoms with van der Waals surface area (Å²) in [6.45, 7) is 3.43. The largest absolute Gasteiger partial charge is 0.383 e. The van der Waals surface area contributed by atoms with Crippen LogP contribution >= 0.6 is 11.8 Å². The number of thioether (sulfide) groups is 1. The molecule has 3 rings (SSSR count). The van der Waals surface area contributed by atoms with Gasteiger partial charge in [0.15, 0.2) is 5.16 Å². The van der Waals surface area contributed by atoms with Gasteiger partial charge in [0.05, 0.1) is 29.3 Å². The van der Waals surface area contributed by atoms with E-state index in [4.69, 9.17) is 4.74 Å². The van der Waals surface area contributed by atoms with Crippen LogP contribution in [-0.2, 0) is 16.1 Å². The second-order valence-electron chi connectivity index (χ2n) is 7.37. The van der Waals surface area contributed by atoms with Crippen molar-refractivity contribution in [2.75, 3.05) is 20.3 Å². The Morgan fingerprint density at radius 2 is 2.07 bits per heavy atom. The molecular formula is C21H29N3O3S. The molecule has 0 spiro atoms. The topological polar surface area (TPSA) is 73.2 Å². The number of hydrogen-bond donors (Lipinski definition) is 1. The summed E-state index contributed by atoms with van der Waals surface area (Å²) in [4.78, 5) is 30.1. The molecular weight excluding hydrogens is 374 g/mol. The fraction of sp³-hybridized carbons (Fsp3) is 0.571. The lowest BCUT2D eigenvalue weighted by Crippen LogP contribution is -2.36. The lowest BCUT2D eigenvalue weighted by atomic mass is 9.89. The first kappa shape index (κ1) is 20.9. The summed E-state index contributed by atoms with van der Waals surface area (Å²) < 4.78 is 6.76. The van der Waals surface area contributed by atoms with Crippen molar-refractivity contribution in [3.8, 4) is 0 Å². The molecule has 0 unspecified atom stereocenters. The van der Waals surface area contributed by atoms with Gasteiger partial charge >= 0.3 is 0 Å². The summed E-state index contributed by atoms with van der Waals surface area (Å²) in [7, 11) is 1.60. The van der Waals surface area contributed by atoms with Crippen molar-refractivity contribution in [3.05, 3.63) is 34.6 Å². The van der Waals surface area contributed by atoms with E-state index in [-0.39, 0.29) is 16.7 Å². The molecule has 1 aliphatic rings. The SMILES string of the molecule is COCCn1c(S[C@@H](C)C(=O)NCC2CCCCC2)nc2ccccc2c1=O. The highest BCUT2D eigenvalue weighted by molar-refractivity contribution is 8.00. The highest BCUT2D eigenvalue weighted by atomic mass is 32.2. The first-order valence-electron chi connectivity index (χ1n) is 10.0. The first-order valence-corrected chi connectivity index (χ1v) is 10.9.